The number of rotatable bonds is 3. The molecule has 1 unspecified atom stereocenters. The van der Waals surface area contributed by atoms with Crippen LogP contribution in [0.5, 0.6) is 0 Å². The Kier molecular flexibility index (Phi) is 3.95. The lowest BCUT2D eigenvalue weighted by molar-refractivity contribution is 0.871. The quantitative estimate of drug-likeness (QED) is 0.731. The second-order valence-electron chi connectivity index (χ2n) is 5.16. The summed E-state index contributed by atoms with van der Waals surface area (Å²) in [5.41, 5.74) is 10.7. The second kappa shape index (κ2) is 5.88. The lowest BCUT2D eigenvalue weighted by Crippen LogP contribution is -2.11. The van der Waals surface area contributed by atoms with Crippen molar-refractivity contribution in [2.45, 2.75) is 17.9 Å². The van der Waals surface area contributed by atoms with Crippen LogP contribution >= 0.6 is 11.8 Å². The number of hydrogen-bond acceptors (Lipinski definition) is 3. The molecule has 0 saturated carbocycles. The van der Waals surface area contributed by atoms with Gasteiger partial charge in [-0.25, -0.2) is 0 Å². The van der Waals surface area contributed by atoms with Gasteiger partial charge >= 0.3 is 0 Å². The smallest absolute Gasteiger partial charge is 0.0705 e. The maximum atomic E-state index is 6.40. The highest BCUT2D eigenvalue weighted by Crippen LogP contribution is 2.25. The molecule has 0 aliphatic rings. The molecule has 106 valence electrons. The zero-order chi connectivity index (χ0) is 14.8. The standard InChI is InChI=1S/C18H18N2S/c1-12-3-4-14-11-15(7-10-17(14)20-12)18(19)13-5-8-16(21-2)9-6-13/h3-11,18H,19H2,1-2H3. The Labute approximate surface area is 129 Å². The van der Waals surface area contributed by atoms with Crippen LogP contribution in [0, 0.1) is 6.92 Å². The molecule has 1 atom stereocenters. The first-order chi connectivity index (χ1) is 10.2. The number of nitrogens with zero attached hydrogens (tertiary/aromatic N) is 1. The zero-order valence-electron chi connectivity index (χ0n) is 12.2. The van der Waals surface area contributed by atoms with Crippen molar-refractivity contribution in [3.8, 4) is 0 Å². The van der Waals surface area contributed by atoms with Crippen molar-refractivity contribution >= 4 is 22.7 Å². The molecule has 1 aromatic heterocycles. The number of hydrogen-bond donors (Lipinski definition) is 1. The largest absolute Gasteiger partial charge is 0.320 e. The van der Waals surface area contributed by atoms with Gasteiger partial charge in [-0.05, 0) is 54.6 Å². The molecule has 0 amide bonds. The van der Waals surface area contributed by atoms with Gasteiger partial charge in [0.15, 0.2) is 0 Å². The van der Waals surface area contributed by atoms with Crippen LogP contribution in [0.15, 0.2) is 59.5 Å². The van der Waals surface area contributed by atoms with E-state index in [2.05, 4.69) is 53.7 Å². The van der Waals surface area contributed by atoms with Gasteiger partial charge in [0.1, 0.15) is 0 Å². The molecule has 0 saturated heterocycles. The molecule has 0 aliphatic heterocycles. The summed E-state index contributed by atoms with van der Waals surface area (Å²) in [6.45, 7) is 2.01. The fraction of sp³-hybridized carbons (Fsp3) is 0.167. The van der Waals surface area contributed by atoms with Crippen LogP contribution in [0.4, 0.5) is 0 Å². The summed E-state index contributed by atoms with van der Waals surface area (Å²) in [4.78, 5) is 5.78. The zero-order valence-corrected chi connectivity index (χ0v) is 13.0. The predicted molar refractivity (Wildman–Crippen MR) is 90.7 cm³/mol. The molecule has 21 heavy (non-hydrogen) atoms. The fourth-order valence-corrected chi connectivity index (χ4v) is 2.85. The van der Waals surface area contributed by atoms with E-state index in [4.69, 9.17) is 5.73 Å². The Morgan fingerprint density at radius 1 is 0.952 bits per heavy atom. The van der Waals surface area contributed by atoms with E-state index >= 15 is 0 Å². The van der Waals surface area contributed by atoms with Crippen molar-refractivity contribution in [1.29, 1.82) is 0 Å². The molecule has 3 heteroatoms. The first-order valence-corrected chi connectivity index (χ1v) is 8.17. The molecule has 3 aromatic rings. The summed E-state index contributed by atoms with van der Waals surface area (Å²) < 4.78 is 0. The van der Waals surface area contributed by atoms with Gasteiger partial charge in [0.2, 0.25) is 0 Å². The van der Waals surface area contributed by atoms with Crippen molar-refractivity contribution < 1.29 is 0 Å². The number of nitrogens with two attached hydrogens (primary N) is 1. The van der Waals surface area contributed by atoms with Gasteiger partial charge in [-0.2, -0.15) is 0 Å². The van der Waals surface area contributed by atoms with E-state index in [1.807, 2.05) is 19.1 Å². The van der Waals surface area contributed by atoms with E-state index in [9.17, 15) is 0 Å². The number of pyridine rings is 1. The van der Waals surface area contributed by atoms with E-state index in [0.29, 0.717) is 0 Å². The van der Waals surface area contributed by atoms with Gasteiger partial charge in [-0.3, -0.25) is 4.98 Å². The van der Waals surface area contributed by atoms with Crippen LogP contribution in [-0.4, -0.2) is 11.2 Å². The van der Waals surface area contributed by atoms with Crippen LogP contribution in [0.1, 0.15) is 22.9 Å². The highest BCUT2D eigenvalue weighted by atomic mass is 32.2. The molecule has 0 aliphatic carbocycles. The van der Waals surface area contributed by atoms with Crippen molar-refractivity contribution in [3.05, 3.63) is 71.4 Å². The van der Waals surface area contributed by atoms with E-state index < -0.39 is 0 Å². The lowest BCUT2D eigenvalue weighted by Gasteiger charge is -2.14. The molecule has 2 N–H and O–H groups in total. The molecule has 1 heterocycles. The highest BCUT2D eigenvalue weighted by Gasteiger charge is 2.09. The van der Waals surface area contributed by atoms with Crippen LogP contribution in [0.3, 0.4) is 0 Å². The molecule has 0 radical (unpaired) electrons. The normalized spacial score (nSPS) is 12.5. The minimum Gasteiger partial charge on any atom is -0.320 e. The van der Waals surface area contributed by atoms with E-state index in [1.54, 1.807) is 11.8 Å². The van der Waals surface area contributed by atoms with Crippen molar-refractivity contribution in [3.63, 3.8) is 0 Å². The Morgan fingerprint density at radius 2 is 1.67 bits per heavy atom. The second-order valence-corrected chi connectivity index (χ2v) is 6.04. The highest BCUT2D eigenvalue weighted by molar-refractivity contribution is 7.98. The van der Waals surface area contributed by atoms with Crippen LogP contribution < -0.4 is 5.73 Å². The van der Waals surface area contributed by atoms with Gasteiger partial charge in [0.25, 0.3) is 0 Å². The topological polar surface area (TPSA) is 38.9 Å². The summed E-state index contributed by atoms with van der Waals surface area (Å²) in [6.07, 6.45) is 2.08. The number of aromatic nitrogens is 1. The van der Waals surface area contributed by atoms with Gasteiger partial charge < -0.3 is 5.73 Å². The molecule has 2 nitrogen and oxygen atoms in total. The molecule has 0 fully saturated rings. The summed E-state index contributed by atoms with van der Waals surface area (Å²) >= 11 is 1.74. The van der Waals surface area contributed by atoms with Crippen LogP contribution in [0.25, 0.3) is 10.9 Å². The Balaban J connectivity index is 1.96. The number of benzene rings is 2. The lowest BCUT2D eigenvalue weighted by atomic mass is 9.98. The SMILES string of the molecule is CSc1ccc(C(N)c2ccc3nc(C)ccc3c2)cc1. The molecular formula is C18H18N2S. The van der Waals surface area contributed by atoms with Crippen molar-refractivity contribution in [1.82, 2.24) is 4.98 Å². The Hall–Kier alpha value is -1.84. The van der Waals surface area contributed by atoms with E-state index in [-0.39, 0.29) is 6.04 Å². The van der Waals surface area contributed by atoms with Gasteiger partial charge in [-0.15, -0.1) is 11.8 Å². The first-order valence-electron chi connectivity index (χ1n) is 6.94. The Morgan fingerprint density at radius 3 is 2.38 bits per heavy atom. The predicted octanol–water partition coefficient (Wildman–Crippen LogP) is 4.31. The summed E-state index contributed by atoms with van der Waals surface area (Å²) in [5, 5.41) is 1.13. The molecule has 0 spiro atoms. The van der Waals surface area contributed by atoms with Crippen molar-refractivity contribution in [2.24, 2.45) is 5.73 Å². The molecule has 3 rings (SSSR count). The maximum absolute atomic E-state index is 6.40. The molecular weight excluding hydrogens is 276 g/mol. The van der Waals surface area contributed by atoms with Crippen LogP contribution in [-0.2, 0) is 0 Å². The Bertz CT molecular complexity index is 766. The third kappa shape index (κ3) is 2.94. The third-order valence-corrected chi connectivity index (χ3v) is 4.43. The number of fused-ring (bicyclic) bond motifs is 1. The average molecular weight is 294 g/mol. The van der Waals surface area contributed by atoms with Gasteiger partial charge in [-0.1, -0.05) is 24.3 Å². The van der Waals surface area contributed by atoms with E-state index in [0.717, 1.165) is 27.7 Å². The maximum Gasteiger partial charge on any atom is 0.0705 e. The first kappa shape index (κ1) is 14.1. The minimum absolute atomic E-state index is 0.105. The summed E-state index contributed by atoms with van der Waals surface area (Å²) in [7, 11) is 0. The third-order valence-electron chi connectivity index (χ3n) is 3.69. The van der Waals surface area contributed by atoms with Crippen LogP contribution in [0.2, 0.25) is 0 Å². The molecule has 2 aromatic carbocycles. The average Bonchev–Trinajstić information content (AvgIpc) is 2.53. The summed E-state index contributed by atoms with van der Waals surface area (Å²) in [6, 6.07) is 18.7. The summed E-state index contributed by atoms with van der Waals surface area (Å²) in [5.74, 6) is 0. The van der Waals surface area contributed by atoms with Crippen molar-refractivity contribution in [2.75, 3.05) is 6.26 Å². The molecule has 0 bridgehead atoms. The minimum atomic E-state index is -0.105. The number of aryl methyl sites for hydroxylation is 1. The fourth-order valence-electron chi connectivity index (χ4n) is 2.44. The van der Waals surface area contributed by atoms with Gasteiger partial charge in [0, 0.05) is 16.0 Å². The van der Waals surface area contributed by atoms with E-state index in [1.165, 1.54) is 4.90 Å². The van der Waals surface area contributed by atoms with Gasteiger partial charge in [0.05, 0.1) is 11.6 Å². The monoisotopic (exact) mass is 294 g/mol. The number of thioether (sulfide) groups is 1.